The van der Waals surface area contributed by atoms with E-state index in [0.717, 1.165) is 48.4 Å². The van der Waals surface area contributed by atoms with Crippen LogP contribution in [0.5, 0.6) is 0 Å². The van der Waals surface area contributed by atoms with E-state index in [9.17, 15) is 4.79 Å². The minimum atomic E-state index is -0.311. The quantitative estimate of drug-likeness (QED) is 0.358. The standard InChI is InChI=1S/C24H30ClN5O3S/c1-29(11-12-32-2)20-13-16(23(26)30-9-3-4-10-30)5-6-18(20)19-14-17(33-28-19)15-27-24(31)21-7-8-22(25)34-21/h5-8,13-14,17,26,28H,3-4,9-12,15H2,1-2H3,(H,27,31). The van der Waals surface area contributed by atoms with Crippen molar-refractivity contribution in [3.8, 4) is 0 Å². The molecular weight excluding hydrogens is 474 g/mol. The van der Waals surface area contributed by atoms with Gasteiger partial charge in [-0.05, 0) is 37.1 Å². The highest BCUT2D eigenvalue weighted by Gasteiger charge is 2.23. The summed E-state index contributed by atoms with van der Waals surface area (Å²) >= 11 is 7.17. The summed E-state index contributed by atoms with van der Waals surface area (Å²) in [5.74, 6) is 0.386. The lowest BCUT2D eigenvalue weighted by Gasteiger charge is -2.25. The van der Waals surface area contributed by atoms with E-state index in [0.29, 0.717) is 34.7 Å². The number of hydroxylamine groups is 1. The number of hydrogen-bond acceptors (Lipinski definition) is 7. The van der Waals surface area contributed by atoms with Gasteiger partial charge in [0, 0.05) is 50.6 Å². The van der Waals surface area contributed by atoms with Gasteiger partial charge in [0.1, 0.15) is 11.9 Å². The molecule has 2 aliphatic heterocycles. The van der Waals surface area contributed by atoms with Crippen LogP contribution in [0, 0.1) is 5.41 Å². The number of benzene rings is 1. The lowest BCUT2D eigenvalue weighted by Crippen LogP contribution is -2.32. The average Bonchev–Trinajstić information content (AvgIpc) is 3.62. The number of hydrogen-bond donors (Lipinski definition) is 3. The number of amides is 1. The number of rotatable bonds is 9. The molecule has 1 fully saturated rings. The van der Waals surface area contributed by atoms with E-state index in [2.05, 4.69) is 26.7 Å². The third kappa shape index (κ3) is 5.72. The van der Waals surface area contributed by atoms with E-state index in [4.69, 9.17) is 26.6 Å². The van der Waals surface area contributed by atoms with E-state index in [1.807, 2.05) is 25.3 Å². The van der Waals surface area contributed by atoms with Crippen molar-refractivity contribution >= 4 is 46.1 Å². The number of methoxy groups -OCH3 is 1. The number of thiophene rings is 1. The molecule has 4 rings (SSSR count). The van der Waals surface area contributed by atoms with Crippen molar-refractivity contribution in [3.63, 3.8) is 0 Å². The maximum atomic E-state index is 12.3. The van der Waals surface area contributed by atoms with Gasteiger partial charge < -0.3 is 19.9 Å². The number of carbonyl (C=O) groups excluding carboxylic acids is 1. The fourth-order valence-corrected chi connectivity index (χ4v) is 5.01. The van der Waals surface area contributed by atoms with Crippen LogP contribution in [0.2, 0.25) is 4.34 Å². The number of amidine groups is 1. The summed E-state index contributed by atoms with van der Waals surface area (Å²) in [6, 6.07) is 9.49. The van der Waals surface area contributed by atoms with Gasteiger partial charge >= 0.3 is 0 Å². The van der Waals surface area contributed by atoms with Gasteiger partial charge in [0.15, 0.2) is 0 Å². The molecule has 0 aliphatic carbocycles. The van der Waals surface area contributed by atoms with Crippen LogP contribution in [0.15, 0.2) is 36.4 Å². The molecule has 3 heterocycles. The number of carbonyl (C=O) groups is 1. The number of nitrogens with zero attached hydrogens (tertiary/aromatic N) is 2. The van der Waals surface area contributed by atoms with E-state index in [1.54, 1.807) is 19.2 Å². The number of likely N-dealkylation sites (tertiary alicyclic amines) is 1. The molecule has 0 saturated carbocycles. The lowest BCUT2D eigenvalue weighted by molar-refractivity contribution is 0.0499. The highest BCUT2D eigenvalue weighted by Crippen LogP contribution is 2.30. The summed E-state index contributed by atoms with van der Waals surface area (Å²) in [6.07, 6.45) is 3.92. The molecule has 1 atom stereocenters. The Balaban J connectivity index is 1.50. The first-order valence-electron chi connectivity index (χ1n) is 11.3. The van der Waals surface area contributed by atoms with Gasteiger partial charge in [0.2, 0.25) is 0 Å². The largest absolute Gasteiger partial charge is 0.383 e. The van der Waals surface area contributed by atoms with Crippen LogP contribution in [-0.2, 0) is 9.57 Å². The topological polar surface area (TPSA) is 89.9 Å². The number of halogens is 1. The Morgan fingerprint density at radius 1 is 1.35 bits per heavy atom. The summed E-state index contributed by atoms with van der Waals surface area (Å²) in [5, 5.41) is 11.6. The van der Waals surface area contributed by atoms with Crippen molar-refractivity contribution < 1.29 is 14.4 Å². The van der Waals surface area contributed by atoms with Gasteiger partial charge in [0.25, 0.3) is 5.91 Å². The molecule has 2 aliphatic rings. The Bertz CT molecular complexity index is 1070. The first-order chi connectivity index (χ1) is 16.5. The Morgan fingerprint density at radius 3 is 2.85 bits per heavy atom. The predicted octanol–water partition coefficient (Wildman–Crippen LogP) is 3.58. The van der Waals surface area contributed by atoms with Gasteiger partial charge in [-0.1, -0.05) is 23.7 Å². The van der Waals surface area contributed by atoms with Crippen LogP contribution < -0.4 is 15.7 Å². The van der Waals surface area contributed by atoms with Gasteiger partial charge in [-0.25, -0.2) is 0 Å². The Hall–Kier alpha value is -2.59. The second kappa shape index (κ2) is 11.2. The summed E-state index contributed by atoms with van der Waals surface area (Å²) < 4.78 is 5.85. The van der Waals surface area contributed by atoms with Crippen LogP contribution >= 0.6 is 22.9 Å². The molecule has 2 aromatic rings. The zero-order valence-electron chi connectivity index (χ0n) is 19.4. The minimum absolute atomic E-state index is 0.174. The van der Waals surface area contributed by atoms with E-state index < -0.39 is 0 Å². The molecule has 8 nitrogen and oxygen atoms in total. The molecule has 1 aromatic heterocycles. The van der Waals surface area contributed by atoms with E-state index in [1.165, 1.54) is 11.3 Å². The number of nitrogens with one attached hydrogen (secondary N) is 3. The molecular formula is C24H30ClN5O3S. The maximum absolute atomic E-state index is 12.3. The van der Waals surface area contributed by atoms with Crippen LogP contribution in [0.4, 0.5) is 5.69 Å². The molecule has 1 saturated heterocycles. The molecule has 34 heavy (non-hydrogen) atoms. The molecule has 1 aromatic carbocycles. The van der Waals surface area contributed by atoms with Crippen molar-refractivity contribution in [2.24, 2.45) is 0 Å². The van der Waals surface area contributed by atoms with Gasteiger partial charge in [0.05, 0.1) is 28.1 Å². The average molecular weight is 504 g/mol. The fourth-order valence-electron chi connectivity index (χ4n) is 4.05. The highest BCUT2D eigenvalue weighted by molar-refractivity contribution is 7.18. The van der Waals surface area contributed by atoms with Gasteiger partial charge in [-0.3, -0.25) is 20.5 Å². The summed E-state index contributed by atoms with van der Waals surface area (Å²) in [6.45, 7) is 3.49. The predicted molar refractivity (Wildman–Crippen MR) is 137 cm³/mol. The Kier molecular flexibility index (Phi) is 8.10. The first-order valence-corrected chi connectivity index (χ1v) is 12.5. The summed E-state index contributed by atoms with van der Waals surface area (Å²) in [4.78, 5) is 22.9. The Labute approximate surface area is 208 Å². The summed E-state index contributed by atoms with van der Waals surface area (Å²) in [5.41, 5.74) is 6.69. The third-order valence-corrected chi connectivity index (χ3v) is 7.19. The lowest BCUT2D eigenvalue weighted by atomic mass is 10.0. The minimum Gasteiger partial charge on any atom is -0.383 e. The van der Waals surface area contributed by atoms with Gasteiger partial charge in [-0.2, -0.15) is 0 Å². The van der Waals surface area contributed by atoms with Crippen LogP contribution in [0.3, 0.4) is 0 Å². The number of likely N-dealkylation sites (N-methyl/N-ethyl adjacent to an activating group) is 1. The van der Waals surface area contributed by atoms with Crippen molar-refractivity contribution in [2.45, 2.75) is 18.9 Å². The fraction of sp³-hybridized carbons (Fsp3) is 0.417. The zero-order chi connectivity index (χ0) is 24.1. The molecule has 0 spiro atoms. The molecule has 0 radical (unpaired) electrons. The second-order valence-corrected chi connectivity index (χ2v) is 10.1. The van der Waals surface area contributed by atoms with Crippen LogP contribution in [-0.4, -0.2) is 69.7 Å². The summed E-state index contributed by atoms with van der Waals surface area (Å²) in [7, 11) is 3.70. The number of ether oxygens (including phenoxy) is 1. The number of anilines is 1. The Morgan fingerprint density at radius 2 is 2.15 bits per heavy atom. The van der Waals surface area contributed by atoms with Gasteiger partial charge in [-0.15, -0.1) is 11.3 Å². The molecule has 10 heteroatoms. The molecule has 1 unspecified atom stereocenters. The smallest absolute Gasteiger partial charge is 0.261 e. The third-order valence-electron chi connectivity index (χ3n) is 5.96. The maximum Gasteiger partial charge on any atom is 0.261 e. The molecule has 3 N–H and O–H groups in total. The normalized spacial score (nSPS) is 17.4. The zero-order valence-corrected chi connectivity index (χ0v) is 21.0. The van der Waals surface area contributed by atoms with Crippen LogP contribution in [0.1, 0.15) is 33.6 Å². The monoisotopic (exact) mass is 503 g/mol. The first kappa shape index (κ1) is 24.5. The second-order valence-electron chi connectivity index (χ2n) is 8.34. The van der Waals surface area contributed by atoms with Crippen molar-refractivity contribution in [1.82, 2.24) is 15.7 Å². The van der Waals surface area contributed by atoms with Crippen molar-refractivity contribution in [2.75, 3.05) is 51.8 Å². The molecule has 0 bridgehead atoms. The van der Waals surface area contributed by atoms with E-state index in [-0.39, 0.29) is 12.0 Å². The molecule has 182 valence electrons. The van der Waals surface area contributed by atoms with E-state index >= 15 is 0 Å². The van der Waals surface area contributed by atoms with Crippen molar-refractivity contribution in [3.05, 3.63) is 56.7 Å². The highest BCUT2D eigenvalue weighted by atomic mass is 35.5. The molecule has 1 amide bonds. The van der Waals surface area contributed by atoms with Crippen LogP contribution in [0.25, 0.3) is 5.70 Å². The van der Waals surface area contributed by atoms with Crippen molar-refractivity contribution in [1.29, 1.82) is 5.41 Å². The SMILES string of the molecule is COCCN(C)c1cc(C(=N)N2CCCC2)ccc1C1=CC(CNC(=O)c2ccc(Cl)s2)ON1.